The van der Waals surface area contributed by atoms with Gasteiger partial charge in [-0.3, -0.25) is 9.58 Å². The zero-order chi connectivity index (χ0) is 15.6. The molecule has 0 radical (unpaired) electrons. The summed E-state index contributed by atoms with van der Waals surface area (Å²) in [5.74, 6) is 0. The van der Waals surface area contributed by atoms with Crippen LogP contribution in [0.15, 0.2) is 0 Å². The molecule has 1 aliphatic rings. The van der Waals surface area contributed by atoms with Crippen molar-refractivity contribution < 1.29 is 4.74 Å². The maximum absolute atomic E-state index is 6.39. The van der Waals surface area contributed by atoms with Gasteiger partial charge in [-0.15, -0.1) is 0 Å². The van der Waals surface area contributed by atoms with Crippen LogP contribution in [0, 0.1) is 6.92 Å². The average Bonchev–Trinajstić information content (AvgIpc) is 2.75. The molecule has 0 spiro atoms. The minimum absolute atomic E-state index is 0.0535. The molecule has 1 aromatic rings. The molecule has 2 atom stereocenters. The molecule has 1 fully saturated rings. The fraction of sp³-hybridized carbons (Fsp3) is 0.800. The zero-order valence-electron chi connectivity index (χ0n) is 13.5. The van der Waals surface area contributed by atoms with Crippen LogP contribution in [-0.2, 0) is 17.7 Å². The van der Waals surface area contributed by atoms with E-state index in [9.17, 15) is 0 Å². The Balaban J connectivity index is 2.06. The van der Waals surface area contributed by atoms with Crippen LogP contribution in [0.2, 0.25) is 5.02 Å². The predicted octanol–water partition coefficient (Wildman–Crippen LogP) is 1.84. The van der Waals surface area contributed by atoms with Gasteiger partial charge < -0.3 is 10.5 Å². The van der Waals surface area contributed by atoms with Crippen molar-refractivity contribution in [1.82, 2.24) is 14.7 Å². The van der Waals surface area contributed by atoms with E-state index in [4.69, 9.17) is 22.1 Å². The van der Waals surface area contributed by atoms with Gasteiger partial charge in [0.15, 0.2) is 0 Å². The number of rotatable bonds is 5. The highest BCUT2D eigenvalue weighted by atomic mass is 35.5. The molecule has 0 amide bonds. The van der Waals surface area contributed by atoms with Crippen molar-refractivity contribution in [3.05, 3.63) is 16.4 Å². The highest BCUT2D eigenvalue weighted by Gasteiger charge is 2.28. The van der Waals surface area contributed by atoms with Crippen LogP contribution < -0.4 is 5.73 Å². The number of hydrogen-bond donors (Lipinski definition) is 1. The minimum atomic E-state index is -0.0644. The second kappa shape index (κ2) is 7.09. The van der Waals surface area contributed by atoms with Gasteiger partial charge in [0.05, 0.1) is 29.1 Å². The standard InChI is InChI=1S/C15H27ClN4O/c1-5-20-13(15(16)11(4)18-20)8-12(17)14-9-19(10(2)3)6-7-21-14/h10,12,14H,5-9,17H2,1-4H3. The SMILES string of the molecule is CCn1nc(C)c(Cl)c1CC(N)C1CN(C(C)C)CCO1. The summed E-state index contributed by atoms with van der Waals surface area (Å²) < 4.78 is 7.82. The van der Waals surface area contributed by atoms with Crippen LogP contribution in [0.4, 0.5) is 0 Å². The first-order valence-electron chi connectivity index (χ1n) is 7.77. The Morgan fingerprint density at radius 2 is 2.19 bits per heavy atom. The Morgan fingerprint density at radius 1 is 1.48 bits per heavy atom. The summed E-state index contributed by atoms with van der Waals surface area (Å²) in [5.41, 5.74) is 8.29. The molecule has 2 unspecified atom stereocenters. The number of morpholine rings is 1. The lowest BCUT2D eigenvalue weighted by Crippen LogP contribution is -2.53. The highest BCUT2D eigenvalue weighted by Crippen LogP contribution is 2.23. The number of aromatic nitrogens is 2. The van der Waals surface area contributed by atoms with Gasteiger partial charge >= 0.3 is 0 Å². The third-order valence-electron chi connectivity index (χ3n) is 4.21. The molecule has 6 heteroatoms. The van der Waals surface area contributed by atoms with Crippen LogP contribution in [0.5, 0.6) is 0 Å². The number of halogens is 1. The number of nitrogens with two attached hydrogens (primary N) is 1. The quantitative estimate of drug-likeness (QED) is 0.901. The first-order chi connectivity index (χ1) is 9.93. The normalized spacial score (nSPS) is 22.0. The molecular formula is C15H27ClN4O. The Morgan fingerprint density at radius 3 is 2.81 bits per heavy atom. The number of ether oxygens (including phenoxy) is 1. The van der Waals surface area contributed by atoms with E-state index in [0.29, 0.717) is 12.5 Å². The smallest absolute Gasteiger partial charge is 0.0857 e. The molecule has 1 aliphatic heterocycles. The van der Waals surface area contributed by atoms with Gasteiger partial charge in [-0.25, -0.2) is 0 Å². The minimum Gasteiger partial charge on any atom is -0.374 e. The predicted molar refractivity (Wildman–Crippen MR) is 85.8 cm³/mol. The summed E-state index contributed by atoms with van der Waals surface area (Å²) in [5, 5.41) is 5.19. The molecule has 5 nitrogen and oxygen atoms in total. The van der Waals surface area contributed by atoms with Crippen molar-refractivity contribution in [1.29, 1.82) is 0 Å². The molecule has 1 aromatic heterocycles. The van der Waals surface area contributed by atoms with Gasteiger partial charge in [-0.05, 0) is 27.7 Å². The lowest BCUT2D eigenvalue weighted by molar-refractivity contribution is -0.0497. The van der Waals surface area contributed by atoms with Crippen molar-refractivity contribution in [3.63, 3.8) is 0 Å². The maximum atomic E-state index is 6.39. The average molecular weight is 315 g/mol. The van der Waals surface area contributed by atoms with E-state index in [2.05, 4.69) is 30.8 Å². The molecular weight excluding hydrogens is 288 g/mol. The molecule has 2 heterocycles. The molecule has 0 aromatic carbocycles. The monoisotopic (exact) mass is 314 g/mol. The van der Waals surface area contributed by atoms with Crippen molar-refractivity contribution >= 4 is 11.6 Å². The second-order valence-electron chi connectivity index (χ2n) is 6.03. The van der Waals surface area contributed by atoms with E-state index in [0.717, 1.165) is 42.7 Å². The summed E-state index contributed by atoms with van der Waals surface area (Å²) in [6.07, 6.45) is 0.752. The van der Waals surface area contributed by atoms with Crippen LogP contribution in [-0.4, -0.2) is 52.6 Å². The Hall–Kier alpha value is -0.620. The maximum Gasteiger partial charge on any atom is 0.0857 e. The third-order valence-corrected chi connectivity index (χ3v) is 4.71. The lowest BCUT2D eigenvalue weighted by Gasteiger charge is -2.37. The van der Waals surface area contributed by atoms with Gasteiger partial charge in [0.2, 0.25) is 0 Å². The molecule has 1 saturated heterocycles. The van der Waals surface area contributed by atoms with Crippen molar-refractivity contribution in [2.45, 2.75) is 58.8 Å². The third kappa shape index (κ3) is 3.77. The van der Waals surface area contributed by atoms with Gasteiger partial charge in [-0.2, -0.15) is 5.10 Å². The van der Waals surface area contributed by atoms with Crippen molar-refractivity contribution in [2.75, 3.05) is 19.7 Å². The molecule has 120 valence electrons. The second-order valence-corrected chi connectivity index (χ2v) is 6.41. The Bertz CT molecular complexity index is 474. The number of aryl methyl sites for hydroxylation is 2. The number of nitrogens with zero attached hydrogens (tertiary/aromatic N) is 3. The molecule has 2 rings (SSSR count). The van der Waals surface area contributed by atoms with E-state index in [1.54, 1.807) is 0 Å². The number of hydrogen-bond acceptors (Lipinski definition) is 4. The molecule has 21 heavy (non-hydrogen) atoms. The zero-order valence-corrected chi connectivity index (χ0v) is 14.2. The van der Waals surface area contributed by atoms with E-state index < -0.39 is 0 Å². The van der Waals surface area contributed by atoms with E-state index >= 15 is 0 Å². The van der Waals surface area contributed by atoms with E-state index in [-0.39, 0.29) is 12.1 Å². The summed E-state index contributed by atoms with van der Waals surface area (Å²) in [6.45, 7) is 11.8. The molecule has 0 aliphatic carbocycles. The van der Waals surface area contributed by atoms with Gasteiger partial charge in [0, 0.05) is 38.1 Å². The topological polar surface area (TPSA) is 56.3 Å². The van der Waals surface area contributed by atoms with Gasteiger partial charge in [0.1, 0.15) is 0 Å². The highest BCUT2D eigenvalue weighted by molar-refractivity contribution is 6.31. The van der Waals surface area contributed by atoms with E-state index in [1.165, 1.54) is 0 Å². The van der Waals surface area contributed by atoms with Crippen LogP contribution in [0.1, 0.15) is 32.2 Å². The molecule has 0 saturated carbocycles. The van der Waals surface area contributed by atoms with Crippen LogP contribution >= 0.6 is 11.6 Å². The summed E-state index contributed by atoms with van der Waals surface area (Å²) >= 11 is 6.36. The van der Waals surface area contributed by atoms with Crippen molar-refractivity contribution in [3.8, 4) is 0 Å². The molecule has 2 N–H and O–H groups in total. The van der Waals surface area contributed by atoms with Gasteiger partial charge in [0.25, 0.3) is 0 Å². The largest absolute Gasteiger partial charge is 0.374 e. The van der Waals surface area contributed by atoms with Gasteiger partial charge in [-0.1, -0.05) is 11.6 Å². The first-order valence-corrected chi connectivity index (χ1v) is 8.14. The van der Waals surface area contributed by atoms with Crippen molar-refractivity contribution in [2.24, 2.45) is 5.73 Å². The first kappa shape index (κ1) is 16.7. The van der Waals surface area contributed by atoms with Crippen LogP contribution in [0.25, 0.3) is 0 Å². The molecule has 0 bridgehead atoms. The fourth-order valence-electron chi connectivity index (χ4n) is 2.84. The lowest BCUT2D eigenvalue weighted by atomic mass is 10.0. The van der Waals surface area contributed by atoms with Crippen LogP contribution in [0.3, 0.4) is 0 Å². The van der Waals surface area contributed by atoms with E-state index in [1.807, 2.05) is 11.6 Å². The fourth-order valence-corrected chi connectivity index (χ4v) is 3.06. The Labute approximate surface area is 132 Å². The Kier molecular flexibility index (Phi) is 5.66. The summed E-state index contributed by atoms with van der Waals surface area (Å²) in [4.78, 5) is 2.41. The summed E-state index contributed by atoms with van der Waals surface area (Å²) in [6, 6.07) is 0.459. The summed E-state index contributed by atoms with van der Waals surface area (Å²) in [7, 11) is 0.